The first-order valence-electron chi connectivity index (χ1n) is 8.82. The topological polar surface area (TPSA) is 49.9 Å². The number of nitrogens with zero attached hydrogens (tertiary/aromatic N) is 2. The third-order valence-electron chi connectivity index (χ3n) is 4.79. The highest BCUT2D eigenvalue weighted by molar-refractivity contribution is 5.90. The van der Waals surface area contributed by atoms with Crippen LogP contribution >= 0.6 is 0 Å². The molecule has 0 bridgehead atoms. The van der Waals surface area contributed by atoms with Crippen LogP contribution in [-0.4, -0.2) is 35.0 Å². The molecule has 0 saturated carbocycles. The highest BCUT2D eigenvalue weighted by atomic mass is 16.5. The van der Waals surface area contributed by atoms with Crippen LogP contribution in [0.4, 0.5) is 0 Å². The number of hydrazine groups is 1. The fourth-order valence-corrected chi connectivity index (χ4v) is 3.57. The van der Waals surface area contributed by atoms with Gasteiger partial charge in [0.05, 0.1) is 18.2 Å². The van der Waals surface area contributed by atoms with Gasteiger partial charge in [-0.3, -0.25) is 4.79 Å². The van der Waals surface area contributed by atoms with E-state index in [1.54, 1.807) is 24.1 Å². The quantitative estimate of drug-likeness (QED) is 0.795. The molecule has 0 aliphatic carbocycles. The summed E-state index contributed by atoms with van der Waals surface area (Å²) >= 11 is 0. The van der Waals surface area contributed by atoms with E-state index in [0.717, 1.165) is 16.7 Å². The molecule has 1 atom stereocenters. The number of esters is 1. The number of carbonyl (C=O) groups is 2. The van der Waals surface area contributed by atoms with Gasteiger partial charge in [0.2, 0.25) is 5.91 Å². The molecule has 0 radical (unpaired) electrons. The zero-order valence-corrected chi connectivity index (χ0v) is 14.6. The third kappa shape index (κ3) is 2.80. The minimum atomic E-state index is -0.321. The molecule has 1 saturated heterocycles. The van der Waals surface area contributed by atoms with E-state index >= 15 is 0 Å². The van der Waals surface area contributed by atoms with Gasteiger partial charge in [0.25, 0.3) is 0 Å². The van der Waals surface area contributed by atoms with Crippen LogP contribution in [0.5, 0.6) is 0 Å². The summed E-state index contributed by atoms with van der Waals surface area (Å²) in [6.07, 6.45) is 2.46. The molecule has 0 N–H and O–H groups in total. The Morgan fingerprint density at radius 1 is 1.12 bits per heavy atom. The van der Waals surface area contributed by atoms with E-state index in [1.807, 2.05) is 36.5 Å². The van der Waals surface area contributed by atoms with E-state index in [1.165, 1.54) is 0 Å². The first-order chi connectivity index (χ1) is 12.7. The second kappa shape index (κ2) is 6.77. The highest BCUT2D eigenvalue weighted by Crippen LogP contribution is 2.43. The van der Waals surface area contributed by atoms with Crippen LogP contribution in [0, 0.1) is 0 Å². The lowest BCUT2D eigenvalue weighted by molar-refractivity contribution is -0.132. The molecule has 0 aromatic heterocycles. The number of benzene rings is 2. The van der Waals surface area contributed by atoms with Crippen molar-refractivity contribution in [2.75, 3.05) is 13.2 Å². The molecule has 0 unspecified atom stereocenters. The molecule has 2 aliphatic heterocycles. The van der Waals surface area contributed by atoms with Gasteiger partial charge in [-0.05, 0) is 30.2 Å². The Kier molecular flexibility index (Phi) is 4.31. The molecule has 2 aromatic rings. The van der Waals surface area contributed by atoms with E-state index in [0.29, 0.717) is 25.1 Å². The minimum Gasteiger partial charge on any atom is -0.462 e. The van der Waals surface area contributed by atoms with Crippen LogP contribution in [-0.2, 0) is 9.53 Å². The first kappa shape index (κ1) is 16.5. The fourth-order valence-electron chi connectivity index (χ4n) is 3.57. The largest absolute Gasteiger partial charge is 0.462 e. The monoisotopic (exact) mass is 348 g/mol. The maximum atomic E-state index is 12.2. The Bertz CT molecular complexity index is 859. The van der Waals surface area contributed by atoms with Crippen molar-refractivity contribution >= 4 is 17.4 Å². The van der Waals surface area contributed by atoms with Crippen molar-refractivity contribution in [3.05, 3.63) is 77.5 Å². The summed E-state index contributed by atoms with van der Waals surface area (Å²) in [6.45, 7) is 2.85. The predicted octanol–water partition coefficient (Wildman–Crippen LogP) is 3.41. The molecule has 5 nitrogen and oxygen atoms in total. The van der Waals surface area contributed by atoms with Crippen LogP contribution in [0.1, 0.15) is 40.9 Å². The molecule has 1 amide bonds. The number of fused-ring (bicyclic) bond motifs is 1. The number of hydrogen-bond acceptors (Lipinski definition) is 4. The Labute approximate surface area is 152 Å². The van der Waals surface area contributed by atoms with Crippen molar-refractivity contribution in [3.8, 4) is 0 Å². The van der Waals surface area contributed by atoms with Gasteiger partial charge in [-0.2, -0.15) is 0 Å². The van der Waals surface area contributed by atoms with Crippen molar-refractivity contribution in [1.82, 2.24) is 10.0 Å². The van der Waals surface area contributed by atoms with Crippen LogP contribution < -0.4 is 0 Å². The Balaban J connectivity index is 1.70. The van der Waals surface area contributed by atoms with Crippen molar-refractivity contribution < 1.29 is 14.3 Å². The van der Waals surface area contributed by atoms with E-state index in [9.17, 15) is 9.59 Å². The van der Waals surface area contributed by atoms with E-state index in [-0.39, 0.29) is 17.9 Å². The fraction of sp³-hybridized carbons (Fsp3) is 0.238. The van der Waals surface area contributed by atoms with Gasteiger partial charge in [0.1, 0.15) is 0 Å². The van der Waals surface area contributed by atoms with Gasteiger partial charge in [0.15, 0.2) is 0 Å². The van der Waals surface area contributed by atoms with E-state index in [4.69, 9.17) is 4.74 Å². The van der Waals surface area contributed by atoms with Gasteiger partial charge < -0.3 is 4.74 Å². The second-order valence-corrected chi connectivity index (χ2v) is 6.35. The van der Waals surface area contributed by atoms with Gasteiger partial charge in [0, 0.05) is 24.7 Å². The Morgan fingerprint density at radius 2 is 1.85 bits per heavy atom. The normalized spacial score (nSPS) is 19.4. The summed E-state index contributed by atoms with van der Waals surface area (Å²) in [7, 11) is 0. The lowest BCUT2D eigenvalue weighted by Gasteiger charge is -2.27. The summed E-state index contributed by atoms with van der Waals surface area (Å²) in [5, 5.41) is 3.83. The van der Waals surface area contributed by atoms with Gasteiger partial charge in [-0.1, -0.05) is 42.5 Å². The average Bonchev–Trinajstić information content (AvgIpc) is 3.23. The van der Waals surface area contributed by atoms with E-state index < -0.39 is 0 Å². The lowest BCUT2D eigenvalue weighted by Crippen LogP contribution is -2.32. The smallest absolute Gasteiger partial charge is 0.338 e. The summed E-state index contributed by atoms with van der Waals surface area (Å²) < 4.78 is 5.04. The molecule has 5 heteroatoms. The summed E-state index contributed by atoms with van der Waals surface area (Å²) in [5.74, 6) is -0.206. The molecule has 26 heavy (non-hydrogen) atoms. The van der Waals surface area contributed by atoms with Crippen LogP contribution in [0.25, 0.3) is 5.57 Å². The van der Waals surface area contributed by atoms with Crippen molar-refractivity contribution in [2.45, 2.75) is 19.4 Å². The zero-order valence-electron chi connectivity index (χ0n) is 14.6. The number of carbonyl (C=O) groups excluding carboxylic acids is 2. The Morgan fingerprint density at radius 3 is 2.54 bits per heavy atom. The lowest BCUT2D eigenvalue weighted by atomic mass is 9.93. The predicted molar refractivity (Wildman–Crippen MR) is 97.7 cm³/mol. The standard InChI is InChI=1S/C21H20N2O3/c1-2-26-21(25)17-10-8-15(9-11-17)18-14-23-19(24)12-13-22(23)20(18)16-6-4-3-5-7-16/h3-11,14,20H,2,12-13H2,1H3/t20-/m1/s1. The van der Waals surface area contributed by atoms with Crippen molar-refractivity contribution in [1.29, 1.82) is 0 Å². The summed E-state index contributed by atoms with van der Waals surface area (Å²) in [6, 6.07) is 17.6. The molecule has 2 aromatic carbocycles. The SMILES string of the molecule is CCOC(=O)c1ccc(C2=CN3C(=O)CCN3[C@@H]2c2ccccc2)cc1. The first-order valence-corrected chi connectivity index (χ1v) is 8.82. The molecule has 2 heterocycles. The molecule has 132 valence electrons. The molecule has 4 rings (SSSR count). The van der Waals surface area contributed by atoms with Crippen LogP contribution in [0.3, 0.4) is 0 Å². The van der Waals surface area contributed by atoms with E-state index in [2.05, 4.69) is 17.1 Å². The summed E-state index contributed by atoms with van der Waals surface area (Å²) in [5.41, 5.74) is 3.72. The van der Waals surface area contributed by atoms with Crippen LogP contribution in [0.2, 0.25) is 0 Å². The van der Waals surface area contributed by atoms with Crippen molar-refractivity contribution in [2.24, 2.45) is 0 Å². The molecular weight excluding hydrogens is 328 g/mol. The third-order valence-corrected chi connectivity index (χ3v) is 4.79. The summed E-state index contributed by atoms with van der Waals surface area (Å²) in [4.78, 5) is 24.1. The van der Waals surface area contributed by atoms with Gasteiger partial charge >= 0.3 is 5.97 Å². The number of hydrogen-bond donors (Lipinski definition) is 0. The van der Waals surface area contributed by atoms with Crippen molar-refractivity contribution in [3.63, 3.8) is 0 Å². The van der Waals surface area contributed by atoms with Gasteiger partial charge in [-0.15, -0.1) is 0 Å². The minimum absolute atomic E-state index is 0.00362. The molecule has 2 aliphatic rings. The number of ether oxygens (including phenoxy) is 1. The maximum absolute atomic E-state index is 12.2. The van der Waals surface area contributed by atoms with Crippen LogP contribution in [0.15, 0.2) is 60.8 Å². The average molecular weight is 348 g/mol. The highest BCUT2D eigenvalue weighted by Gasteiger charge is 2.41. The number of amides is 1. The van der Waals surface area contributed by atoms with Gasteiger partial charge in [-0.25, -0.2) is 14.8 Å². The molecule has 1 fully saturated rings. The maximum Gasteiger partial charge on any atom is 0.338 e. The second-order valence-electron chi connectivity index (χ2n) is 6.35. The number of rotatable bonds is 4. The zero-order chi connectivity index (χ0) is 18.1. The molecule has 0 spiro atoms. The molecular formula is C21H20N2O3. The Hall–Kier alpha value is -2.92.